The van der Waals surface area contributed by atoms with E-state index in [1.165, 1.54) is 0 Å². The molecule has 0 saturated carbocycles. The van der Waals surface area contributed by atoms with Crippen LogP contribution in [0.2, 0.25) is 0 Å². The molecule has 0 aromatic heterocycles. The lowest BCUT2D eigenvalue weighted by molar-refractivity contribution is 0.579. The van der Waals surface area contributed by atoms with E-state index in [2.05, 4.69) is 0 Å². The molecule has 5 aromatic rings. The normalized spacial score (nSPS) is 11.7. The van der Waals surface area contributed by atoms with E-state index in [0.29, 0.717) is 26.9 Å². The molecule has 0 heterocycles. The molecule has 0 aliphatic carbocycles. The van der Waals surface area contributed by atoms with Crippen molar-refractivity contribution in [2.45, 2.75) is 13.8 Å². The molecule has 0 fully saturated rings. The molecule has 5 aromatic carbocycles. The summed E-state index contributed by atoms with van der Waals surface area (Å²) in [5.41, 5.74) is 2.69. The molecule has 0 N–H and O–H groups in total. The highest BCUT2D eigenvalue weighted by atomic mass is 31.2. The Labute approximate surface area is 219 Å². The number of hydrogen-bond donors (Lipinski definition) is 0. The first-order valence-electron chi connectivity index (χ1n) is 12.3. The van der Waals surface area contributed by atoms with Crippen molar-refractivity contribution in [2.24, 2.45) is 0 Å². The van der Waals surface area contributed by atoms with Crippen LogP contribution in [-0.4, -0.2) is 0 Å². The highest BCUT2D eigenvalue weighted by Gasteiger charge is 2.48. The molecule has 0 bridgehead atoms. The van der Waals surface area contributed by atoms with Crippen LogP contribution in [0.1, 0.15) is 11.1 Å². The van der Waals surface area contributed by atoms with Crippen LogP contribution in [0.4, 0.5) is 5.69 Å². The van der Waals surface area contributed by atoms with Gasteiger partial charge in [-0.15, -0.1) is 0 Å². The van der Waals surface area contributed by atoms with Gasteiger partial charge in [-0.25, -0.2) is 0 Å². The lowest BCUT2D eigenvalue weighted by atomic mass is 10.1. The van der Waals surface area contributed by atoms with Crippen molar-refractivity contribution in [1.29, 1.82) is 0 Å². The summed E-state index contributed by atoms with van der Waals surface area (Å²) < 4.78 is 33.6. The average Bonchev–Trinajstić information content (AvgIpc) is 2.97. The maximum absolute atomic E-state index is 15.9. The van der Waals surface area contributed by atoms with Gasteiger partial charge in [-0.3, -0.25) is 13.6 Å². The van der Waals surface area contributed by atoms with Gasteiger partial charge in [0.2, 0.25) is 14.6 Å². The van der Waals surface area contributed by atoms with Gasteiger partial charge in [0.25, 0.3) is 0 Å². The Balaban J connectivity index is 1.97. The van der Waals surface area contributed by atoms with Crippen molar-refractivity contribution in [3.63, 3.8) is 0 Å². The Hall–Kier alpha value is -3.64. The first kappa shape index (κ1) is 25.0. The lowest BCUT2D eigenvalue weighted by Crippen LogP contribution is -2.37. The van der Waals surface area contributed by atoms with Gasteiger partial charge in [0.1, 0.15) is 0 Å². The Morgan fingerprint density at radius 2 is 0.757 bits per heavy atom. The molecular weight excluding hydrogens is 492 g/mol. The topological polar surface area (TPSA) is 37.4 Å². The van der Waals surface area contributed by atoms with Crippen molar-refractivity contribution in [3.05, 3.63) is 151 Å². The summed E-state index contributed by atoms with van der Waals surface area (Å²) >= 11 is 0. The third kappa shape index (κ3) is 4.40. The summed E-state index contributed by atoms with van der Waals surface area (Å²) in [7, 11) is -7.37. The van der Waals surface area contributed by atoms with E-state index in [4.69, 9.17) is 0 Å². The van der Waals surface area contributed by atoms with Crippen LogP contribution in [0.25, 0.3) is 0 Å². The molecule has 5 heteroatoms. The molecular formula is C32H29NO2P2. The van der Waals surface area contributed by atoms with Crippen LogP contribution >= 0.6 is 14.6 Å². The maximum Gasteiger partial charge on any atom is 0.235 e. The maximum atomic E-state index is 15.9. The molecule has 0 amide bonds. The van der Waals surface area contributed by atoms with Crippen molar-refractivity contribution in [2.75, 3.05) is 4.44 Å². The first-order valence-corrected chi connectivity index (χ1v) is 15.6. The molecule has 0 unspecified atom stereocenters. The number of aryl methyl sites for hydroxylation is 1. The van der Waals surface area contributed by atoms with Crippen molar-refractivity contribution >= 4 is 41.5 Å². The zero-order chi connectivity index (χ0) is 25.9. The van der Waals surface area contributed by atoms with Gasteiger partial charge in [0.15, 0.2) is 0 Å². The Morgan fingerprint density at radius 3 is 1.08 bits per heavy atom. The van der Waals surface area contributed by atoms with Crippen LogP contribution < -0.4 is 25.7 Å². The first-order chi connectivity index (χ1) is 18.0. The largest absolute Gasteiger partial charge is 0.289 e. The monoisotopic (exact) mass is 521 g/mol. The molecule has 5 rings (SSSR count). The second-order valence-corrected chi connectivity index (χ2v) is 14.5. The molecule has 0 atom stereocenters. The van der Waals surface area contributed by atoms with E-state index in [9.17, 15) is 0 Å². The van der Waals surface area contributed by atoms with Gasteiger partial charge in [-0.05, 0) is 79.6 Å². The summed E-state index contributed by atoms with van der Waals surface area (Å²) in [5.74, 6) is 0. The number of nitrogens with zero attached hydrogens (tertiary/aromatic N) is 1. The van der Waals surface area contributed by atoms with Crippen LogP contribution in [0.15, 0.2) is 140 Å². The van der Waals surface area contributed by atoms with Gasteiger partial charge >= 0.3 is 0 Å². The van der Waals surface area contributed by atoms with E-state index < -0.39 is 14.6 Å². The third-order valence-corrected chi connectivity index (χ3v) is 13.8. The lowest BCUT2D eigenvalue weighted by Gasteiger charge is -2.41. The molecule has 0 aliphatic rings. The summed E-state index contributed by atoms with van der Waals surface area (Å²) in [6, 6.07) is 43.7. The van der Waals surface area contributed by atoms with Gasteiger partial charge in [-0.1, -0.05) is 84.9 Å². The van der Waals surface area contributed by atoms with E-state index in [-0.39, 0.29) is 0 Å². The van der Waals surface area contributed by atoms with Crippen LogP contribution in [-0.2, 0) is 9.13 Å². The number of benzene rings is 5. The predicted octanol–water partition coefficient (Wildman–Crippen LogP) is 6.97. The SMILES string of the molecule is Cc1cccc(N(P(=O)(c2ccccc2)c2ccccc2)P(=O)(c2ccccc2)c2ccccc2)c1C. The fraction of sp³-hybridized carbons (Fsp3) is 0.0625. The van der Waals surface area contributed by atoms with E-state index >= 15 is 9.13 Å². The minimum Gasteiger partial charge on any atom is -0.289 e. The Bertz CT molecular complexity index is 1400. The Morgan fingerprint density at radius 1 is 0.432 bits per heavy atom. The third-order valence-electron chi connectivity index (χ3n) is 6.75. The van der Waals surface area contributed by atoms with Crippen molar-refractivity contribution in [1.82, 2.24) is 0 Å². The fourth-order valence-corrected chi connectivity index (χ4v) is 12.2. The van der Waals surface area contributed by atoms with Gasteiger partial charge in [0, 0.05) is 21.2 Å². The zero-order valence-electron chi connectivity index (χ0n) is 20.9. The zero-order valence-corrected chi connectivity index (χ0v) is 22.7. The quantitative estimate of drug-likeness (QED) is 0.217. The van der Waals surface area contributed by atoms with Gasteiger partial charge < -0.3 is 0 Å². The van der Waals surface area contributed by atoms with Crippen molar-refractivity contribution in [3.8, 4) is 0 Å². The average molecular weight is 522 g/mol. The highest BCUT2D eigenvalue weighted by Crippen LogP contribution is 2.66. The predicted molar refractivity (Wildman–Crippen MR) is 158 cm³/mol. The van der Waals surface area contributed by atoms with E-state index in [1.54, 1.807) is 4.44 Å². The molecule has 0 saturated heterocycles. The molecule has 37 heavy (non-hydrogen) atoms. The van der Waals surface area contributed by atoms with E-state index in [1.807, 2.05) is 153 Å². The summed E-state index contributed by atoms with van der Waals surface area (Å²) in [5, 5.41) is 2.53. The van der Waals surface area contributed by atoms with E-state index in [0.717, 1.165) is 11.1 Å². The summed E-state index contributed by atoms with van der Waals surface area (Å²) in [6.45, 7) is 4.04. The number of hydrogen-bond acceptors (Lipinski definition) is 2. The smallest absolute Gasteiger partial charge is 0.235 e. The minimum atomic E-state index is -3.69. The summed E-state index contributed by atoms with van der Waals surface area (Å²) in [4.78, 5) is 0. The molecule has 3 nitrogen and oxygen atoms in total. The summed E-state index contributed by atoms with van der Waals surface area (Å²) in [6.07, 6.45) is 0. The standard InChI is InChI=1S/C32H29NO2P2/c1-26-16-15-25-32(27(26)2)33(36(34,28-17-7-3-8-18-28)29-19-9-4-10-20-29)37(35,30-21-11-5-12-22-30)31-23-13-6-14-24-31/h3-25H,1-2H3. The number of rotatable bonds is 7. The van der Waals surface area contributed by atoms with Crippen molar-refractivity contribution < 1.29 is 9.13 Å². The van der Waals surface area contributed by atoms with Crippen LogP contribution in [0.5, 0.6) is 0 Å². The highest BCUT2D eigenvalue weighted by molar-refractivity contribution is 7.96. The molecule has 0 radical (unpaired) electrons. The van der Waals surface area contributed by atoms with Gasteiger partial charge in [0.05, 0.1) is 5.69 Å². The van der Waals surface area contributed by atoms with Gasteiger partial charge in [-0.2, -0.15) is 0 Å². The Kier molecular flexibility index (Phi) is 7.02. The molecule has 0 spiro atoms. The second-order valence-electron chi connectivity index (χ2n) is 9.00. The van der Waals surface area contributed by atoms with Crippen LogP contribution in [0.3, 0.4) is 0 Å². The van der Waals surface area contributed by atoms with Crippen LogP contribution in [0, 0.1) is 13.8 Å². The number of anilines is 1. The molecule has 184 valence electrons. The second kappa shape index (κ2) is 10.4. The molecule has 0 aliphatic heterocycles. The fourth-order valence-electron chi connectivity index (χ4n) is 4.69. The minimum absolute atomic E-state index is 0.634.